The molecule has 1 aliphatic heterocycles. The zero-order chi connectivity index (χ0) is 26.3. The first-order chi connectivity index (χ1) is 16.8. The maximum Gasteiger partial charge on any atom is 0.573 e. The van der Waals surface area contributed by atoms with E-state index in [1.807, 2.05) is 6.07 Å². The molecule has 2 aromatic carbocycles. The number of alkyl halides is 6. The summed E-state index contributed by atoms with van der Waals surface area (Å²) >= 11 is 0. The molecule has 0 spiro atoms. The van der Waals surface area contributed by atoms with E-state index in [1.54, 1.807) is 0 Å². The molecule has 0 amide bonds. The Morgan fingerprint density at radius 1 is 1.03 bits per heavy atom. The van der Waals surface area contributed by atoms with Crippen LogP contribution in [0.4, 0.5) is 43.5 Å². The molecule has 1 aromatic heterocycles. The third-order valence-corrected chi connectivity index (χ3v) is 6.87. The number of hydrogen-bond donors (Lipinski definition) is 1. The van der Waals surface area contributed by atoms with Crippen molar-refractivity contribution in [3.63, 3.8) is 0 Å². The van der Waals surface area contributed by atoms with E-state index in [4.69, 9.17) is 5.26 Å². The third kappa shape index (κ3) is 5.15. The van der Waals surface area contributed by atoms with E-state index in [0.717, 1.165) is 34.6 Å². The van der Waals surface area contributed by atoms with E-state index < -0.39 is 45.4 Å². The Kier molecular flexibility index (Phi) is 6.21. The van der Waals surface area contributed by atoms with Gasteiger partial charge < -0.3 is 10.1 Å². The van der Waals surface area contributed by atoms with Gasteiger partial charge in [-0.1, -0.05) is 12.1 Å². The minimum atomic E-state index is -4.97. The molecule has 0 saturated heterocycles. The third-order valence-electron chi connectivity index (χ3n) is 5.10. The lowest BCUT2D eigenvalue weighted by Crippen LogP contribution is -2.30. The zero-order valence-corrected chi connectivity index (χ0v) is 18.7. The molecule has 1 aliphatic rings. The first-order valence-electron chi connectivity index (χ1n) is 10.0. The van der Waals surface area contributed by atoms with Crippen LogP contribution in [0.15, 0.2) is 59.5 Å². The van der Waals surface area contributed by atoms with Crippen molar-refractivity contribution in [1.29, 1.82) is 5.26 Å². The summed E-state index contributed by atoms with van der Waals surface area (Å²) < 4.78 is 109. The lowest BCUT2D eigenvalue weighted by molar-refractivity contribution is -0.274. The van der Waals surface area contributed by atoms with E-state index >= 15 is 0 Å². The van der Waals surface area contributed by atoms with Crippen molar-refractivity contribution < 1.29 is 39.5 Å². The molecule has 0 unspecified atom stereocenters. The first-order valence-corrected chi connectivity index (χ1v) is 11.4. The Labute approximate surface area is 200 Å². The van der Waals surface area contributed by atoms with Crippen molar-refractivity contribution in [2.45, 2.75) is 30.4 Å². The van der Waals surface area contributed by atoms with Crippen LogP contribution in [0.3, 0.4) is 0 Å². The highest BCUT2D eigenvalue weighted by Crippen LogP contribution is 2.40. The van der Waals surface area contributed by atoms with Gasteiger partial charge in [0.05, 0.1) is 35.3 Å². The predicted octanol–water partition coefficient (Wildman–Crippen LogP) is 5.52. The zero-order valence-electron chi connectivity index (χ0n) is 17.9. The molecule has 7 nitrogen and oxygen atoms in total. The fourth-order valence-corrected chi connectivity index (χ4v) is 4.95. The molecule has 0 radical (unpaired) electrons. The number of sulfonamides is 1. The summed E-state index contributed by atoms with van der Waals surface area (Å²) in [6.07, 6.45) is -9.79. The van der Waals surface area contributed by atoms with E-state index in [2.05, 4.69) is 15.0 Å². The van der Waals surface area contributed by atoms with E-state index in [0.29, 0.717) is 11.6 Å². The molecule has 36 heavy (non-hydrogen) atoms. The molecule has 4 rings (SSSR count). The Morgan fingerprint density at radius 3 is 2.33 bits per heavy atom. The van der Waals surface area contributed by atoms with Gasteiger partial charge in [0.1, 0.15) is 17.3 Å². The van der Waals surface area contributed by atoms with Crippen molar-refractivity contribution in [2.75, 3.05) is 9.62 Å². The average molecular weight is 528 g/mol. The van der Waals surface area contributed by atoms with Crippen LogP contribution in [-0.4, -0.2) is 19.8 Å². The molecule has 3 aromatic rings. The molecule has 188 valence electrons. The number of ether oxygens (including phenoxy) is 1. The van der Waals surface area contributed by atoms with Gasteiger partial charge in [0.2, 0.25) is 0 Å². The van der Waals surface area contributed by atoms with Gasteiger partial charge in [-0.05, 0) is 48.0 Å². The van der Waals surface area contributed by atoms with Gasteiger partial charge in [0.25, 0.3) is 10.0 Å². The Hall–Kier alpha value is -3.99. The van der Waals surface area contributed by atoms with Gasteiger partial charge in [-0.3, -0.25) is 4.31 Å². The Balaban J connectivity index is 1.82. The van der Waals surface area contributed by atoms with Gasteiger partial charge in [-0.25, -0.2) is 13.4 Å². The summed E-state index contributed by atoms with van der Waals surface area (Å²) in [6.45, 7) is -0.445. The van der Waals surface area contributed by atoms with Crippen LogP contribution in [0, 0.1) is 11.3 Å². The number of nitrogens with one attached hydrogen (secondary N) is 1. The molecule has 2 heterocycles. The van der Waals surface area contributed by atoms with Crippen LogP contribution < -0.4 is 14.4 Å². The molecule has 0 saturated carbocycles. The topological polar surface area (TPSA) is 95.3 Å². The van der Waals surface area contributed by atoms with E-state index in [9.17, 15) is 34.8 Å². The quantitative estimate of drug-likeness (QED) is 0.449. The second-order valence-corrected chi connectivity index (χ2v) is 9.41. The highest BCUT2D eigenvalue weighted by Gasteiger charge is 2.36. The van der Waals surface area contributed by atoms with Crippen LogP contribution in [-0.2, 0) is 29.2 Å². The van der Waals surface area contributed by atoms with E-state index in [-0.39, 0.29) is 29.2 Å². The van der Waals surface area contributed by atoms with Gasteiger partial charge in [0.15, 0.2) is 0 Å². The average Bonchev–Trinajstić information content (AvgIpc) is 2.94. The number of anilines is 3. The number of fused-ring (bicyclic) bond motifs is 2. The number of halogens is 6. The summed E-state index contributed by atoms with van der Waals surface area (Å²) in [7, 11) is -4.45. The second-order valence-electron chi connectivity index (χ2n) is 7.54. The summed E-state index contributed by atoms with van der Waals surface area (Å²) in [4.78, 5) is 3.21. The van der Waals surface area contributed by atoms with Crippen molar-refractivity contribution in [2.24, 2.45) is 0 Å². The predicted molar refractivity (Wildman–Crippen MR) is 115 cm³/mol. The second kappa shape index (κ2) is 8.90. The molecule has 1 N–H and O–H groups in total. The lowest BCUT2D eigenvalue weighted by Gasteiger charge is -2.25. The van der Waals surface area contributed by atoms with Crippen molar-refractivity contribution in [1.82, 2.24) is 4.98 Å². The molecule has 0 fully saturated rings. The van der Waals surface area contributed by atoms with E-state index in [1.165, 1.54) is 18.2 Å². The normalized spacial score (nSPS) is 13.6. The van der Waals surface area contributed by atoms with Crippen LogP contribution in [0.1, 0.15) is 16.8 Å². The minimum absolute atomic E-state index is 0.0185. The van der Waals surface area contributed by atoms with Crippen LogP contribution in [0.5, 0.6) is 5.75 Å². The summed E-state index contributed by atoms with van der Waals surface area (Å²) in [5.41, 5.74) is -0.524. The highest BCUT2D eigenvalue weighted by molar-refractivity contribution is 7.92. The smallest absolute Gasteiger partial charge is 0.406 e. The fourth-order valence-electron chi connectivity index (χ4n) is 3.49. The summed E-state index contributed by atoms with van der Waals surface area (Å²) in [5.74, 6) is -0.851. The highest BCUT2D eigenvalue weighted by atomic mass is 32.2. The number of benzene rings is 2. The summed E-state index contributed by atoms with van der Waals surface area (Å²) in [6, 6.07) is 11.5. The van der Waals surface area contributed by atoms with Gasteiger partial charge in [-0.2, -0.15) is 18.4 Å². The minimum Gasteiger partial charge on any atom is -0.406 e. The molecule has 14 heteroatoms. The number of nitrogens with zero attached hydrogens (tertiary/aromatic N) is 3. The van der Waals surface area contributed by atoms with Gasteiger partial charge in [-0.15, -0.1) is 13.2 Å². The summed E-state index contributed by atoms with van der Waals surface area (Å²) in [5, 5.41) is 11.8. The molecule has 0 atom stereocenters. The SMILES string of the molecule is N#CCc1ccc2c(c1)N(S(=O)(=O)c1ccc(OC(F)(F)F)cc1)Cc1ccc(C(F)(F)F)nc1N2. The maximum absolute atomic E-state index is 13.6. The number of hydrogen-bond acceptors (Lipinski definition) is 6. The Morgan fingerprint density at radius 2 is 1.72 bits per heavy atom. The first kappa shape index (κ1) is 25.1. The van der Waals surface area contributed by atoms with Crippen LogP contribution in [0.25, 0.3) is 0 Å². The van der Waals surface area contributed by atoms with Gasteiger partial charge in [0, 0.05) is 5.56 Å². The van der Waals surface area contributed by atoms with Crippen LogP contribution >= 0.6 is 0 Å². The standard InChI is InChI=1S/C22H14F6N4O3S/c23-21(24,25)19-8-2-14-12-32(18-11-13(9-10-29)1-7-17(18)30-20(14)31-19)36(33,34)16-5-3-15(4-6-16)35-22(26,27)28/h1-8,11H,9,12H2,(H,30,31). The fraction of sp³-hybridized carbons (Fsp3) is 0.182. The Bertz CT molecular complexity index is 1450. The van der Waals surface area contributed by atoms with Gasteiger partial charge >= 0.3 is 12.5 Å². The van der Waals surface area contributed by atoms with Crippen molar-refractivity contribution in [3.05, 3.63) is 71.4 Å². The van der Waals surface area contributed by atoms with Crippen molar-refractivity contribution in [3.8, 4) is 11.8 Å². The van der Waals surface area contributed by atoms with Crippen LogP contribution in [0.2, 0.25) is 0 Å². The molecule has 0 bridgehead atoms. The molecular formula is C22H14F6N4O3S. The lowest BCUT2D eigenvalue weighted by atomic mass is 10.1. The number of aromatic nitrogens is 1. The monoisotopic (exact) mass is 528 g/mol. The molecule has 0 aliphatic carbocycles. The van der Waals surface area contributed by atoms with Crippen molar-refractivity contribution >= 4 is 27.2 Å². The number of nitriles is 1. The largest absolute Gasteiger partial charge is 0.573 e. The molecular weight excluding hydrogens is 514 g/mol. The maximum atomic E-state index is 13.6. The number of pyridine rings is 1. The number of rotatable bonds is 4.